The molecule has 1 N–H and O–H groups in total. The van der Waals surface area contributed by atoms with Crippen molar-refractivity contribution in [1.82, 2.24) is 10.3 Å². The van der Waals surface area contributed by atoms with E-state index in [0.29, 0.717) is 22.8 Å². The number of thiophene rings is 1. The number of nitrogens with one attached hydrogen (secondary N) is 1. The number of carbonyl (C=O) groups is 1. The second-order valence-corrected chi connectivity index (χ2v) is 7.32. The number of amides is 1. The van der Waals surface area contributed by atoms with E-state index in [1.807, 2.05) is 35.7 Å². The Morgan fingerprint density at radius 3 is 3.04 bits per heavy atom. The fraction of sp³-hybridized carbons (Fsp3) is 0.125. The van der Waals surface area contributed by atoms with Crippen molar-refractivity contribution in [3.8, 4) is 5.75 Å². The molecule has 0 fully saturated rings. The van der Waals surface area contributed by atoms with Crippen LogP contribution in [0.5, 0.6) is 5.75 Å². The molecule has 0 aliphatic rings. The molecule has 2 heterocycles. The van der Waals surface area contributed by atoms with Gasteiger partial charge >= 0.3 is 0 Å². The molecule has 0 aliphatic heterocycles. The van der Waals surface area contributed by atoms with E-state index in [2.05, 4.69) is 32.9 Å². The zero-order chi connectivity index (χ0) is 16.2. The van der Waals surface area contributed by atoms with E-state index >= 15 is 0 Å². The molecule has 118 valence electrons. The average Bonchev–Trinajstić information content (AvgIpc) is 3.06. The minimum absolute atomic E-state index is 0.0608. The van der Waals surface area contributed by atoms with Crippen molar-refractivity contribution in [2.75, 3.05) is 6.61 Å². The van der Waals surface area contributed by atoms with Crippen LogP contribution in [0.2, 0.25) is 5.02 Å². The smallest absolute Gasteiger partial charge is 0.258 e. The Morgan fingerprint density at radius 1 is 1.39 bits per heavy atom. The van der Waals surface area contributed by atoms with Crippen molar-refractivity contribution in [1.29, 1.82) is 0 Å². The molecule has 2 aromatic heterocycles. The van der Waals surface area contributed by atoms with Gasteiger partial charge in [0.05, 0.1) is 15.1 Å². The molecule has 1 amide bonds. The summed E-state index contributed by atoms with van der Waals surface area (Å²) in [5, 5.41) is 6.24. The SMILES string of the molecule is O=C(COc1c(I)cc(Cl)c2cccnc12)NCc1cccs1. The molecular weight excluding hydrogens is 447 g/mol. The number of hydrogen-bond acceptors (Lipinski definition) is 4. The highest BCUT2D eigenvalue weighted by Crippen LogP contribution is 2.34. The number of pyridine rings is 1. The summed E-state index contributed by atoms with van der Waals surface area (Å²) in [6.07, 6.45) is 1.68. The number of fused-ring (bicyclic) bond motifs is 1. The predicted octanol–water partition coefficient (Wildman–Crippen LogP) is 4.25. The summed E-state index contributed by atoms with van der Waals surface area (Å²) >= 11 is 9.96. The predicted molar refractivity (Wildman–Crippen MR) is 101 cm³/mol. The van der Waals surface area contributed by atoms with Gasteiger partial charge in [-0.3, -0.25) is 9.78 Å². The molecule has 0 aliphatic carbocycles. The first-order chi connectivity index (χ1) is 11.1. The Balaban J connectivity index is 1.70. The van der Waals surface area contributed by atoms with E-state index in [4.69, 9.17) is 16.3 Å². The second kappa shape index (κ2) is 7.46. The van der Waals surface area contributed by atoms with Gasteiger partial charge in [-0.25, -0.2) is 0 Å². The van der Waals surface area contributed by atoms with Crippen LogP contribution in [0.15, 0.2) is 41.9 Å². The van der Waals surface area contributed by atoms with E-state index in [1.165, 1.54) is 0 Å². The van der Waals surface area contributed by atoms with Crippen molar-refractivity contribution in [3.05, 3.63) is 55.4 Å². The quantitative estimate of drug-likeness (QED) is 0.582. The normalized spacial score (nSPS) is 10.7. The van der Waals surface area contributed by atoms with Crippen LogP contribution in [-0.4, -0.2) is 17.5 Å². The average molecular weight is 459 g/mol. The lowest BCUT2D eigenvalue weighted by Gasteiger charge is -2.12. The number of ether oxygens (including phenoxy) is 1. The molecule has 0 saturated carbocycles. The molecule has 0 unspecified atom stereocenters. The van der Waals surface area contributed by atoms with E-state index in [9.17, 15) is 4.79 Å². The molecule has 4 nitrogen and oxygen atoms in total. The number of nitrogens with zero attached hydrogens (tertiary/aromatic N) is 1. The van der Waals surface area contributed by atoms with Crippen LogP contribution in [0.3, 0.4) is 0 Å². The highest BCUT2D eigenvalue weighted by Gasteiger charge is 2.13. The Kier molecular flexibility index (Phi) is 5.34. The lowest BCUT2D eigenvalue weighted by Crippen LogP contribution is -2.28. The third-order valence-corrected chi connectivity index (χ3v) is 5.13. The van der Waals surface area contributed by atoms with Crippen LogP contribution in [0.25, 0.3) is 10.9 Å². The molecular formula is C16H12ClIN2O2S. The number of carbonyl (C=O) groups excluding carboxylic acids is 1. The zero-order valence-electron chi connectivity index (χ0n) is 11.9. The van der Waals surface area contributed by atoms with E-state index in [-0.39, 0.29) is 12.5 Å². The van der Waals surface area contributed by atoms with Gasteiger partial charge in [0.1, 0.15) is 5.52 Å². The van der Waals surface area contributed by atoms with Crippen LogP contribution in [-0.2, 0) is 11.3 Å². The summed E-state index contributed by atoms with van der Waals surface area (Å²) in [7, 11) is 0. The van der Waals surface area contributed by atoms with Crippen LogP contribution in [0.4, 0.5) is 0 Å². The van der Waals surface area contributed by atoms with Gasteiger partial charge in [-0.2, -0.15) is 0 Å². The maximum Gasteiger partial charge on any atom is 0.258 e. The summed E-state index contributed by atoms with van der Waals surface area (Å²) in [6, 6.07) is 9.44. The molecule has 3 aromatic rings. The molecule has 0 saturated heterocycles. The topological polar surface area (TPSA) is 51.2 Å². The molecule has 0 radical (unpaired) electrons. The van der Waals surface area contributed by atoms with Gasteiger partial charge in [-0.15, -0.1) is 11.3 Å². The van der Waals surface area contributed by atoms with Crippen molar-refractivity contribution in [3.63, 3.8) is 0 Å². The van der Waals surface area contributed by atoms with Crippen molar-refractivity contribution in [2.24, 2.45) is 0 Å². The van der Waals surface area contributed by atoms with E-state index in [1.54, 1.807) is 17.5 Å². The Bertz CT molecular complexity index is 839. The molecule has 7 heteroatoms. The fourth-order valence-electron chi connectivity index (χ4n) is 2.07. The summed E-state index contributed by atoms with van der Waals surface area (Å²) in [5.74, 6) is 0.408. The molecule has 1 aromatic carbocycles. The van der Waals surface area contributed by atoms with Crippen molar-refractivity contribution >= 4 is 62.3 Å². The Morgan fingerprint density at radius 2 is 2.26 bits per heavy atom. The van der Waals surface area contributed by atoms with Gasteiger partial charge in [-0.1, -0.05) is 17.7 Å². The number of hydrogen-bond donors (Lipinski definition) is 1. The molecule has 0 spiro atoms. The molecule has 0 bridgehead atoms. The van der Waals surface area contributed by atoms with Crippen LogP contribution >= 0.6 is 45.5 Å². The summed E-state index contributed by atoms with van der Waals surface area (Å²) in [5.41, 5.74) is 0.662. The van der Waals surface area contributed by atoms with Gasteiger partial charge in [-0.05, 0) is 52.2 Å². The first kappa shape index (κ1) is 16.5. The fourth-order valence-corrected chi connectivity index (χ4v) is 3.88. The number of rotatable bonds is 5. The third kappa shape index (κ3) is 3.94. The second-order valence-electron chi connectivity index (χ2n) is 4.71. The number of aromatic nitrogens is 1. The number of halogens is 2. The summed E-state index contributed by atoms with van der Waals surface area (Å²) in [6.45, 7) is 0.450. The third-order valence-electron chi connectivity index (χ3n) is 3.14. The van der Waals surface area contributed by atoms with Crippen LogP contribution in [0, 0.1) is 3.57 Å². The summed E-state index contributed by atoms with van der Waals surface area (Å²) < 4.78 is 6.52. The highest BCUT2D eigenvalue weighted by molar-refractivity contribution is 14.1. The molecule has 0 atom stereocenters. The Labute approximate surface area is 156 Å². The zero-order valence-corrected chi connectivity index (χ0v) is 15.6. The minimum atomic E-state index is -0.173. The highest BCUT2D eigenvalue weighted by atomic mass is 127. The van der Waals surface area contributed by atoms with Crippen molar-refractivity contribution < 1.29 is 9.53 Å². The monoisotopic (exact) mass is 458 g/mol. The lowest BCUT2D eigenvalue weighted by molar-refractivity contribution is -0.123. The molecule has 3 rings (SSSR count). The Hall–Kier alpha value is -1.38. The van der Waals surface area contributed by atoms with Gasteiger partial charge in [0, 0.05) is 16.5 Å². The maximum atomic E-state index is 11.9. The van der Waals surface area contributed by atoms with Crippen LogP contribution in [0.1, 0.15) is 4.88 Å². The van der Waals surface area contributed by atoms with Gasteiger partial charge in [0.2, 0.25) is 0 Å². The first-order valence-electron chi connectivity index (χ1n) is 6.80. The van der Waals surface area contributed by atoms with Gasteiger partial charge < -0.3 is 10.1 Å². The maximum absolute atomic E-state index is 11.9. The van der Waals surface area contributed by atoms with E-state index in [0.717, 1.165) is 13.8 Å². The minimum Gasteiger partial charge on any atom is -0.480 e. The summed E-state index contributed by atoms with van der Waals surface area (Å²) in [4.78, 5) is 17.4. The molecule has 23 heavy (non-hydrogen) atoms. The van der Waals surface area contributed by atoms with E-state index < -0.39 is 0 Å². The van der Waals surface area contributed by atoms with Crippen molar-refractivity contribution in [2.45, 2.75) is 6.54 Å². The largest absolute Gasteiger partial charge is 0.480 e. The standard InChI is InChI=1S/C16H12ClIN2O2S/c17-12-7-13(18)16(15-11(12)4-1-5-19-15)22-9-14(21)20-8-10-3-2-6-23-10/h1-7H,8-9H2,(H,20,21). The van der Waals surface area contributed by atoms with Gasteiger partial charge in [0.25, 0.3) is 5.91 Å². The number of benzene rings is 1. The van der Waals surface area contributed by atoms with Gasteiger partial charge in [0.15, 0.2) is 12.4 Å². The first-order valence-corrected chi connectivity index (χ1v) is 9.13. The van der Waals surface area contributed by atoms with Crippen LogP contribution < -0.4 is 10.1 Å². The lowest BCUT2D eigenvalue weighted by atomic mass is 10.2.